The molecule has 0 aromatic rings. The van der Waals surface area contributed by atoms with Crippen LogP contribution in [0.1, 0.15) is 45.4 Å². The summed E-state index contributed by atoms with van der Waals surface area (Å²) in [5, 5.41) is 3.19. The number of rotatable bonds is 1. The third kappa shape index (κ3) is 3.09. The van der Waals surface area contributed by atoms with Crippen molar-refractivity contribution in [2.24, 2.45) is 5.92 Å². The van der Waals surface area contributed by atoms with E-state index >= 15 is 0 Å². The van der Waals surface area contributed by atoms with Gasteiger partial charge in [0, 0.05) is 32.0 Å². The van der Waals surface area contributed by atoms with Crippen LogP contribution in [-0.2, 0) is 9.47 Å². The molecule has 0 aromatic heterocycles. The Labute approximate surface area is 121 Å². The molecule has 5 nitrogen and oxygen atoms in total. The first kappa shape index (κ1) is 14.1. The summed E-state index contributed by atoms with van der Waals surface area (Å²) >= 11 is 0. The van der Waals surface area contributed by atoms with E-state index in [9.17, 15) is 4.79 Å². The minimum Gasteiger partial charge on any atom is -0.348 e. The number of nitrogens with zero attached hydrogens (tertiary/aromatic N) is 1. The van der Waals surface area contributed by atoms with Crippen LogP contribution in [0.25, 0.3) is 0 Å². The summed E-state index contributed by atoms with van der Waals surface area (Å²) < 4.78 is 11.4. The summed E-state index contributed by atoms with van der Waals surface area (Å²) in [6, 6.07) is 0.393. The van der Waals surface area contributed by atoms with Crippen LogP contribution in [0.2, 0.25) is 0 Å². The van der Waals surface area contributed by atoms with Crippen molar-refractivity contribution in [1.82, 2.24) is 10.2 Å². The molecule has 20 heavy (non-hydrogen) atoms. The van der Waals surface area contributed by atoms with Crippen molar-refractivity contribution >= 4 is 6.03 Å². The van der Waals surface area contributed by atoms with E-state index in [1.54, 1.807) is 0 Å². The first-order chi connectivity index (χ1) is 9.67. The molecular formula is C15H26N2O3. The lowest BCUT2D eigenvalue weighted by molar-refractivity contribution is -0.179. The number of amides is 2. The Morgan fingerprint density at radius 2 is 1.90 bits per heavy atom. The number of hydrogen-bond acceptors (Lipinski definition) is 3. The monoisotopic (exact) mass is 282 g/mol. The van der Waals surface area contributed by atoms with E-state index in [-0.39, 0.29) is 17.9 Å². The quantitative estimate of drug-likeness (QED) is 0.801. The molecule has 2 heterocycles. The van der Waals surface area contributed by atoms with Gasteiger partial charge in [-0.1, -0.05) is 6.92 Å². The molecule has 3 rings (SSSR count). The van der Waals surface area contributed by atoms with Gasteiger partial charge in [0.2, 0.25) is 0 Å². The van der Waals surface area contributed by atoms with Gasteiger partial charge in [-0.15, -0.1) is 0 Å². The summed E-state index contributed by atoms with van der Waals surface area (Å²) in [6.07, 6.45) is 6.07. The van der Waals surface area contributed by atoms with Gasteiger partial charge in [-0.05, 0) is 31.6 Å². The van der Waals surface area contributed by atoms with E-state index in [4.69, 9.17) is 9.47 Å². The maximum atomic E-state index is 12.3. The number of likely N-dealkylation sites (tertiary alicyclic amines) is 1. The van der Waals surface area contributed by atoms with Crippen molar-refractivity contribution in [3.05, 3.63) is 0 Å². The van der Waals surface area contributed by atoms with E-state index in [1.807, 2.05) is 4.90 Å². The topological polar surface area (TPSA) is 50.8 Å². The van der Waals surface area contributed by atoms with E-state index < -0.39 is 0 Å². The van der Waals surface area contributed by atoms with Crippen molar-refractivity contribution in [3.63, 3.8) is 0 Å². The third-order valence-electron chi connectivity index (χ3n) is 4.83. The van der Waals surface area contributed by atoms with Gasteiger partial charge in [0.05, 0.1) is 13.2 Å². The zero-order chi connectivity index (χ0) is 14.0. The minimum absolute atomic E-state index is 0.116. The second-order valence-electron chi connectivity index (χ2n) is 6.52. The van der Waals surface area contributed by atoms with Gasteiger partial charge in [0.1, 0.15) is 0 Å². The molecule has 0 bridgehead atoms. The third-order valence-corrected chi connectivity index (χ3v) is 4.83. The average Bonchev–Trinajstić information content (AvgIpc) is 2.90. The van der Waals surface area contributed by atoms with E-state index in [1.165, 1.54) is 6.42 Å². The van der Waals surface area contributed by atoms with E-state index in [0.717, 1.165) is 45.2 Å². The minimum atomic E-state index is -0.332. The first-order valence-corrected chi connectivity index (χ1v) is 8.00. The lowest BCUT2D eigenvalue weighted by Gasteiger charge is -2.37. The van der Waals surface area contributed by atoms with Crippen LogP contribution < -0.4 is 5.32 Å². The van der Waals surface area contributed by atoms with Crippen LogP contribution >= 0.6 is 0 Å². The molecule has 5 heteroatoms. The summed E-state index contributed by atoms with van der Waals surface area (Å²) in [5.74, 6) is 0.297. The number of piperidine rings is 1. The molecule has 3 aliphatic rings. The summed E-state index contributed by atoms with van der Waals surface area (Å²) in [7, 11) is 0. The highest BCUT2D eigenvalue weighted by Crippen LogP contribution is 2.35. The van der Waals surface area contributed by atoms with Crippen molar-refractivity contribution in [3.8, 4) is 0 Å². The molecular weight excluding hydrogens is 256 g/mol. The standard InChI is InChI=1S/C15H26N2O3/c1-12-3-2-8-17(11-12)14(18)16-13-4-6-15(7-5-13)19-9-10-20-15/h12-13H,2-11H2,1H3,(H,16,18). The second-order valence-corrected chi connectivity index (χ2v) is 6.52. The molecule has 0 radical (unpaired) electrons. The van der Waals surface area contributed by atoms with Gasteiger partial charge in [-0.2, -0.15) is 0 Å². The number of urea groups is 1. The Balaban J connectivity index is 1.45. The number of ether oxygens (including phenoxy) is 2. The van der Waals surface area contributed by atoms with Crippen LogP contribution in [-0.4, -0.2) is 49.1 Å². The largest absolute Gasteiger partial charge is 0.348 e. The lowest BCUT2D eigenvalue weighted by atomic mass is 9.90. The summed E-state index contributed by atoms with van der Waals surface area (Å²) in [4.78, 5) is 14.3. The Bertz CT molecular complexity index is 345. The molecule has 1 spiro atoms. The molecule has 2 aliphatic heterocycles. The molecule has 2 amide bonds. The zero-order valence-electron chi connectivity index (χ0n) is 12.4. The van der Waals surface area contributed by atoms with Gasteiger partial charge in [-0.3, -0.25) is 0 Å². The van der Waals surface area contributed by atoms with Crippen LogP contribution in [0.3, 0.4) is 0 Å². The molecule has 3 fully saturated rings. The molecule has 1 atom stereocenters. The second kappa shape index (κ2) is 5.90. The number of nitrogens with one attached hydrogen (secondary N) is 1. The fourth-order valence-corrected chi connectivity index (χ4v) is 3.63. The SMILES string of the molecule is CC1CCCN(C(=O)NC2CCC3(CC2)OCCO3)C1. The number of carbonyl (C=O) groups excluding carboxylic acids is 1. The number of hydrogen-bond donors (Lipinski definition) is 1. The van der Waals surface area contributed by atoms with Crippen molar-refractivity contribution < 1.29 is 14.3 Å². The Kier molecular flexibility index (Phi) is 4.17. The van der Waals surface area contributed by atoms with Gasteiger partial charge in [0.25, 0.3) is 0 Å². The smallest absolute Gasteiger partial charge is 0.317 e. The highest BCUT2D eigenvalue weighted by Gasteiger charge is 2.40. The maximum Gasteiger partial charge on any atom is 0.317 e. The van der Waals surface area contributed by atoms with Crippen LogP contribution in [0.4, 0.5) is 4.79 Å². The Morgan fingerprint density at radius 1 is 1.20 bits per heavy atom. The molecule has 0 aromatic carbocycles. The van der Waals surface area contributed by atoms with Gasteiger partial charge < -0.3 is 19.7 Å². The summed E-state index contributed by atoms with van der Waals surface area (Å²) in [5.41, 5.74) is 0. The summed E-state index contributed by atoms with van der Waals surface area (Å²) in [6.45, 7) is 5.44. The fraction of sp³-hybridized carbons (Fsp3) is 0.933. The highest BCUT2D eigenvalue weighted by molar-refractivity contribution is 5.74. The molecule has 1 unspecified atom stereocenters. The lowest BCUT2D eigenvalue weighted by Crippen LogP contribution is -2.50. The van der Waals surface area contributed by atoms with Crippen LogP contribution in [0.15, 0.2) is 0 Å². The van der Waals surface area contributed by atoms with Gasteiger partial charge >= 0.3 is 6.03 Å². The van der Waals surface area contributed by atoms with E-state index in [0.29, 0.717) is 19.1 Å². The van der Waals surface area contributed by atoms with Gasteiger partial charge in [-0.25, -0.2) is 4.79 Å². The molecule has 1 N–H and O–H groups in total. The highest BCUT2D eigenvalue weighted by atomic mass is 16.7. The Morgan fingerprint density at radius 3 is 2.55 bits per heavy atom. The normalized spacial score (nSPS) is 30.6. The maximum absolute atomic E-state index is 12.3. The first-order valence-electron chi connectivity index (χ1n) is 8.00. The van der Waals surface area contributed by atoms with Crippen molar-refractivity contribution in [2.45, 2.75) is 57.3 Å². The van der Waals surface area contributed by atoms with Crippen molar-refractivity contribution in [1.29, 1.82) is 0 Å². The Hall–Kier alpha value is -0.810. The number of carbonyl (C=O) groups is 1. The van der Waals surface area contributed by atoms with E-state index in [2.05, 4.69) is 12.2 Å². The molecule has 114 valence electrons. The van der Waals surface area contributed by atoms with Crippen LogP contribution in [0, 0.1) is 5.92 Å². The van der Waals surface area contributed by atoms with Crippen LogP contribution in [0.5, 0.6) is 0 Å². The fourth-order valence-electron chi connectivity index (χ4n) is 3.63. The molecule has 2 saturated heterocycles. The molecule has 1 aliphatic carbocycles. The predicted octanol–water partition coefficient (Wildman–Crippen LogP) is 2.11. The average molecular weight is 282 g/mol. The zero-order valence-corrected chi connectivity index (χ0v) is 12.4. The molecule has 1 saturated carbocycles. The van der Waals surface area contributed by atoms with Crippen molar-refractivity contribution in [2.75, 3.05) is 26.3 Å². The predicted molar refractivity (Wildman–Crippen MR) is 75.4 cm³/mol. The van der Waals surface area contributed by atoms with Gasteiger partial charge in [0.15, 0.2) is 5.79 Å².